The van der Waals surface area contributed by atoms with E-state index in [1.807, 2.05) is 24.4 Å². The first-order chi connectivity index (χ1) is 14.3. The molecule has 2 aliphatic heterocycles. The average Bonchev–Trinajstić information content (AvgIpc) is 2.97. The Morgan fingerprint density at radius 3 is 2.72 bits per heavy atom. The van der Waals surface area contributed by atoms with Crippen LogP contribution in [0.15, 0.2) is 42.6 Å². The third kappa shape index (κ3) is 4.00. The largest absolute Gasteiger partial charge is 0.381 e. The van der Waals surface area contributed by atoms with E-state index in [1.165, 1.54) is 11.1 Å². The van der Waals surface area contributed by atoms with Crippen LogP contribution in [0.4, 0.5) is 11.6 Å². The number of rotatable bonds is 3. The highest BCUT2D eigenvalue weighted by Crippen LogP contribution is 2.25. The first-order valence-corrected chi connectivity index (χ1v) is 10.5. The van der Waals surface area contributed by atoms with Crippen LogP contribution < -0.4 is 10.8 Å². The maximum Gasteiger partial charge on any atom is 0.227 e. The van der Waals surface area contributed by atoms with Crippen LogP contribution >= 0.6 is 0 Å². The first kappa shape index (κ1) is 18.6. The summed E-state index contributed by atoms with van der Waals surface area (Å²) in [5.74, 6) is 0.577. The van der Waals surface area contributed by atoms with Gasteiger partial charge < -0.3 is 10.1 Å². The van der Waals surface area contributed by atoms with Crippen LogP contribution in [0, 0.1) is 0 Å². The molecule has 0 bridgehead atoms. The molecule has 1 aromatic heterocycles. The molecular weight excluding hydrogens is 359 g/mol. The molecule has 29 heavy (non-hydrogen) atoms. The average molecular weight is 384 g/mol. The Morgan fingerprint density at radius 2 is 1.86 bits per heavy atom. The lowest BCUT2D eigenvalue weighted by atomic mass is 9.94. The van der Waals surface area contributed by atoms with Crippen LogP contribution in [0.5, 0.6) is 0 Å². The molecule has 3 aromatic rings. The van der Waals surface area contributed by atoms with E-state index >= 15 is 0 Å². The summed E-state index contributed by atoms with van der Waals surface area (Å²) in [5.41, 5.74) is 5.35. The summed E-state index contributed by atoms with van der Waals surface area (Å²) in [6.07, 6.45) is 6.32. The second kappa shape index (κ2) is 8.13. The predicted molar refractivity (Wildman–Crippen MR) is 117 cm³/mol. The molecule has 5 nitrogen and oxygen atoms in total. The van der Waals surface area contributed by atoms with Gasteiger partial charge in [0.25, 0.3) is 0 Å². The zero-order chi connectivity index (χ0) is 19.6. The first-order valence-electron chi connectivity index (χ1n) is 10.5. The fourth-order valence-corrected chi connectivity index (χ4v) is 4.50. The van der Waals surface area contributed by atoms with Gasteiger partial charge in [0, 0.05) is 49.6 Å². The van der Waals surface area contributed by atoms with Crippen molar-refractivity contribution in [2.45, 2.75) is 31.7 Å². The monoisotopic (exact) mass is 384 g/mol. The number of fused-ring (bicyclic) bond motifs is 2. The molecule has 146 valence electrons. The summed E-state index contributed by atoms with van der Waals surface area (Å²) in [4.78, 5) is 11.7. The van der Waals surface area contributed by atoms with Crippen molar-refractivity contribution in [3.05, 3.63) is 53.7 Å². The number of nitrogens with zero attached hydrogens (tertiary/aromatic N) is 3. The second-order valence-corrected chi connectivity index (χ2v) is 7.97. The summed E-state index contributed by atoms with van der Waals surface area (Å²) in [7, 11) is 6.07. The van der Waals surface area contributed by atoms with Gasteiger partial charge in [0.1, 0.15) is 7.85 Å². The van der Waals surface area contributed by atoms with E-state index in [9.17, 15) is 0 Å². The van der Waals surface area contributed by atoms with Crippen LogP contribution in [-0.2, 0) is 17.6 Å². The Morgan fingerprint density at radius 1 is 1.03 bits per heavy atom. The smallest absolute Gasteiger partial charge is 0.227 e. The van der Waals surface area contributed by atoms with Gasteiger partial charge in [0.2, 0.25) is 5.95 Å². The number of hydrogen-bond acceptors (Lipinski definition) is 5. The van der Waals surface area contributed by atoms with Gasteiger partial charge >= 0.3 is 0 Å². The van der Waals surface area contributed by atoms with E-state index in [1.54, 1.807) is 0 Å². The highest BCUT2D eigenvalue weighted by atomic mass is 16.5. The predicted octanol–water partition coefficient (Wildman–Crippen LogP) is 2.75. The van der Waals surface area contributed by atoms with Crippen molar-refractivity contribution in [2.75, 3.05) is 31.6 Å². The van der Waals surface area contributed by atoms with Crippen molar-refractivity contribution in [1.82, 2.24) is 14.9 Å². The van der Waals surface area contributed by atoms with E-state index in [2.05, 4.69) is 38.4 Å². The van der Waals surface area contributed by atoms with E-state index < -0.39 is 0 Å². The molecule has 1 fully saturated rings. The molecule has 1 saturated heterocycles. The minimum Gasteiger partial charge on any atom is -0.381 e. The number of anilines is 2. The van der Waals surface area contributed by atoms with Crippen molar-refractivity contribution in [3.8, 4) is 0 Å². The lowest BCUT2D eigenvalue weighted by molar-refractivity contribution is 0.0355. The van der Waals surface area contributed by atoms with Crippen molar-refractivity contribution in [3.63, 3.8) is 0 Å². The van der Waals surface area contributed by atoms with Crippen LogP contribution in [-0.4, -0.2) is 55.1 Å². The summed E-state index contributed by atoms with van der Waals surface area (Å²) < 4.78 is 5.54. The van der Waals surface area contributed by atoms with E-state index in [0.29, 0.717) is 17.5 Å². The van der Waals surface area contributed by atoms with Gasteiger partial charge in [0.15, 0.2) is 0 Å². The number of ether oxygens (including phenoxy) is 1. The van der Waals surface area contributed by atoms with E-state index in [0.717, 1.165) is 68.6 Å². The fourth-order valence-electron chi connectivity index (χ4n) is 4.50. The third-order valence-corrected chi connectivity index (χ3v) is 6.15. The number of benzene rings is 2. The Labute approximate surface area is 172 Å². The van der Waals surface area contributed by atoms with E-state index in [-0.39, 0.29) is 0 Å². The van der Waals surface area contributed by atoms with Crippen LogP contribution in [0.3, 0.4) is 0 Å². The zero-order valence-corrected chi connectivity index (χ0v) is 16.6. The Bertz CT molecular complexity index is 1020. The molecule has 3 heterocycles. The van der Waals surface area contributed by atoms with Crippen molar-refractivity contribution >= 4 is 35.8 Å². The summed E-state index contributed by atoms with van der Waals surface area (Å²) in [6, 6.07) is 13.1. The van der Waals surface area contributed by atoms with Crippen LogP contribution in [0.25, 0.3) is 10.9 Å². The number of hydrogen-bond donors (Lipinski definition) is 1. The Balaban J connectivity index is 1.33. The molecule has 2 radical (unpaired) electrons. The summed E-state index contributed by atoms with van der Waals surface area (Å²) >= 11 is 0. The summed E-state index contributed by atoms with van der Waals surface area (Å²) in [5, 5.41) is 4.31. The summed E-state index contributed by atoms with van der Waals surface area (Å²) in [6.45, 7) is 4.05. The lowest BCUT2D eigenvalue weighted by Gasteiger charge is -2.33. The molecule has 1 N–H and O–H groups in total. The fraction of sp³-hybridized carbons (Fsp3) is 0.391. The van der Waals surface area contributed by atoms with Gasteiger partial charge in [-0.1, -0.05) is 29.7 Å². The molecule has 0 aliphatic carbocycles. The molecule has 0 spiro atoms. The standard InChI is InChI=1S/C23H25BN4O/c24-21-3-1-2-18-15-25-23(27-22(18)21)26-19-5-4-16-6-10-28(11-7-17(16)14-19)20-8-12-29-13-9-20/h1-5,14-15,20H,6-13H2,(H,25,26,27). The number of para-hydroxylation sites is 1. The zero-order valence-electron chi connectivity index (χ0n) is 16.6. The van der Waals surface area contributed by atoms with Crippen molar-refractivity contribution in [2.24, 2.45) is 0 Å². The minimum absolute atomic E-state index is 0.577. The molecular formula is C23H25BN4O. The van der Waals surface area contributed by atoms with Gasteiger partial charge in [0.05, 0.1) is 5.52 Å². The second-order valence-electron chi connectivity index (χ2n) is 7.97. The van der Waals surface area contributed by atoms with E-state index in [4.69, 9.17) is 12.6 Å². The molecule has 2 aliphatic rings. The van der Waals surface area contributed by atoms with Crippen molar-refractivity contribution in [1.29, 1.82) is 0 Å². The molecule has 0 saturated carbocycles. The topological polar surface area (TPSA) is 50.3 Å². The van der Waals surface area contributed by atoms with Crippen LogP contribution in [0.2, 0.25) is 0 Å². The highest BCUT2D eigenvalue weighted by molar-refractivity contribution is 6.38. The maximum atomic E-state index is 6.07. The molecule has 6 heteroatoms. The number of aromatic nitrogens is 2. The van der Waals surface area contributed by atoms with Gasteiger partial charge in [-0.15, -0.1) is 0 Å². The molecule has 0 unspecified atom stereocenters. The normalized spacial score (nSPS) is 18.3. The Hall–Kier alpha value is -2.44. The SMILES string of the molecule is [B]c1cccc2cnc(Nc3ccc4c(c3)CCN(C3CCOCC3)CC4)nc12. The van der Waals surface area contributed by atoms with Crippen molar-refractivity contribution < 1.29 is 4.74 Å². The van der Waals surface area contributed by atoms with Crippen LogP contribution in [0.1, 0.15) is 24.0 Å². The highest BCUT2D eigenvalue weighted by Gasteiger charge is 2.23. The number of nitrogens with one attached hydrogen (secondary N) is 1. The quantitative estimate of drug-likeness (QED) is 0.704. The minimum atomic E-state index is 0.577. The molecule has 0 atom stereocenters. The van der Waals surface area contributed by atoms with Gasteiger partial charge in [-0.05, 0) is 48.9 Å². The molecule has 2 aromatic carbocycles. The van der Waals surface area contributed by atoms with Gasteiger partial charge in [-0.3, -0.25) is 4.90 Å². The Kier molecular flexibility index (Phi) is 5.21. The van der Waals surface area contributed by atoms with Gasteiger partial charge in [-0.2, -0.15) is 0 Å². The third-order valence-electron chi connectivity index (χ3n) is 6.15. The lowest BCUT2D eigenvalue weighted by Crippen LogP contribution is -2.40. The molecule has 0 amide bonds. The maximum absolute atomic E-state index is 6.07. The molecule has 5 rings (SSSR count). The van der Waals surface area contributed by atoms with Gasteiger partial charge in [-0.25, -0.2) is 9.97 Å².